The smallest absolute Gasteiger partial charge is 0.322 e. The molecule has 2 aromatic heterocycles. The molecule has 1 saturated heterocycles. The molecule has 1 fully saturated rings. The lowest BCUT2D eigenvalue weighted by atomic mass is 9.89. The van der Waals surface area contributed by atoms with Gasteiger partial charge in [-0.25, -0.2) is 14.8 Å². The molecule has 0 spiro atoms. The van der Waals surface area contributed by atoms with Crippen LogP contribution < -0.4 is 20.1 Å². The Bertz CT molecular complexity index is 1400. The quantitative estimate of drug-likeness (QED) is 0.378. The Hall–Kier alpha value is -4.60. The van der Waals surface area contributed by atoms with E-state index < -0.39 is 17.5 Å². The topological polar surface area (TPSA) is 128 Å². The van der Waals surface area contributed by atoms with E-state index in [4.69, 9.17) is 9.47 Å². The molecule has 1 aliphatic heterocycles. The molecule has 172 valence electrons. The number of benzene rings is 2. The number of amides is 3. The summed E-state index contributed by atoms with van der Waals surface area (Å²) in [6.45, 7) is -0.0220. The summed E-state index contributed by atoms with van der Waals surface area (Å²) in [5, 5.41) is 17.3. The molecule has 4 aromatic rings. The molecule has 0 aliphatic carbocycles. The van der Waals surface area contributed by atoms with Crippen LogP contribution in [0.5, 0.6) is 17.4 Å². The first-order valence-corrected chi connectivity index (χ1v) is 10.4. The molecule has 0 saturated carbocycles. The summed E-state index contributed by atoms with van der Waals surface area (Å²) in [7, 11) is 3.08. The van der Waals surface area contributed by atoms with Crippen molar-refractivity contribution in [3.63, 3.8) is 0 Å². The highest BCUT2D eigenvalue weighted by molar-refractivity contribution is 6.07. The van der Waals surface area contributed by atoms with Gasteiger partial charge in [-0.05, 0) is 23.8 Å². The number of carbonyl (C=O) groups is 2. The van der Waals surface area contributed by atoms with Crippen molar-refractivity contribution in [2.24, 2.45) is 0 Å². The van der Waals surface area contributed by atoms with Gasteiger partial charge in [0.2, 0.25) is 0 Å². The van der Waals surface area contributed by atoms with Gasteiger partial charge in [-0.2, -0.15) is 0 Å². The second-order valence-corrected chi connectivity index (χ2v) is 7.87. The van der Waals surface area contributed by atoms with E-state index in [1.807, 2.05) is 6.07 Å². The highest BCUT2D eigenvalue weighted by Crippen LogP contribution is 2.35. The molecule has 34 heavy (non-hydrogen) atoms. The second-order valence-electron chi connectivity index (χ2n) is 7.87. The zero-order chi connectivity index (χ0) is 23.9. The minimum atomic E-state index is -1.42. The Kier molecular flexibility index (Phi) is 5.05. The van der Waals surface area contributed by atoms with Crippen LogP contribution in [0.15, 0.2) is 61.1 Å². The van der Waals surface area contributed by atoms with E-state index in [9.17, 15) is 14.7 Å². The zero-order valence-electron chi connectivity index (χ0n) is 18.4. The number of fused-ring (bicyclic) bond motifs is 1. The van der Waals surface area contributed by atoms with Gasteiger partial charge in [0.15, 0.2) is 23.0 Å². The summed E-state index contributed by atoms with van der Waals surface area (Å²) in [6, 6.07) is 11.7. The normalized spacial score (nSPS) is 17.5. The molecular weight excluding hydrogens is 438 g/mol. The number of ether oxygens (including phenoxy) is 2. The van der Waals surface area contributed by atoms with Crippen LogP contribution in [0.25, 0.3) is 22.2 Å². The van der Waals surface area contributed by atoms with E-state index in [-0.39, 0.29) is 12.4 Å². The van der Waals surface area contributed by atoms with Gasteiger partial charge in [-0.3, -0.25) is 10.1 Å². The van der Waals surface area contributed by atoms with E-state index in [1.54, 1.807) is 62.1 Å². The van der Waals surface area contributed by atoms with E-state index >= 15 is 0 Å². The fourth-order valence-corrected chi connectivity index (χ4v) is 4.10. The van der Waals surface area contributed by atoms with Gasteiger partial charge in [-0.15, -0.1) is 0 Å². The fourth-order valence-electron chi connectivity index (χ4n) is 4.10. The number of carbonyl (C=O) groups excluding carboxylic acids is 2. The molecule has 1 atom stereocenters. The summed E-state index contributed by atoms with van der Waals surface area (Å²) >= 11 is 0. The molecule has 1 unspecified atom stereocenters. The maximum Gasteiger partial charge on any atom is 0.322 e. The Morgan fingerprint density at radius 3 is 2.32 bits per heavy atom. The van der Waals surface area contributed by atoms with Crippen molar-refractivity contribution in [2.45, 2.75) is 12.1 Å². The van der Waals surface area contributed by atoms with E-state index in [2.05, 4.69) is 20.6 Å². The van der Waals surface area contributed by atoms with Gasteiger partial charge in [0.1, 0.15) is 5.75 Å². The minimum absolute atomic E-state index is 0.0220. The van der Waals surface area contributed by atoms with Gasteiger partial charge in [0.25, 0.3) is 5.91 Å². The number of methoxy groups -OCH3 is 2. The molecule has 0 bridgehead atoms. The van der Waals surface area contributed by atoms with Gasteiger partial charge >= 0.3 is 6.03 Å². The predicted octanol–water partition coefficient (Wildman–Crippen LogP) is 2.56. The number of rotatable bonds is 6. The second kappa shape index (κ2) is 8.07. The fraction of sp³-hybridized carbons (Fsp3) is 0.167. The molecule has 10 heteroatoms. The predicted molar refractivity (Wildman–Crippen MR) is 123 cm³/mol. The molecule has 2 aromatic carbocycles. The van der Waals surface area contributed by atoms with E-state index in [1.165, 1.54) is 11.7 Å². The Morgan fingerprint density at radius 2 is 1.71 bits per heavy atom. The van der Waals surface area contributed by atoms with Gasteiger partial charge in [0.05, 0.1) is 33.2 Å². The summed E-state index contributed by atoms with van der Waals surface area (Å²) in [4.78, 5) is 33.7. The standard InChI is InChI=1S/C24H21N5O5/c1-33-17-8-5-15-12-29(21(30)19(15)9-17)13-24(22(31)27-23(32)28-24)16-6-3-14(4-7-16)20-25-10-18(34-2)11-26-20/h3-12,30H,13H2,1-2H3,(H2,27,28,31,32). The van der Waals surface area contributed by atoms with Crippen LogP contribution >= 0.6 is 0 Å². The lowest BCUT2D eigenvalue weighted by Gasteiger charge is -2.27. The van der Waals surface area contributed by atoms with E-state index in [0.717, 1.165) is 10.9 Å². The van der Waals surface area contributed by atoms with Crippen molar-refractivity contribution in [3.05, 3.63) is 66.6 Å². The van der Waals surface area contributed by atoms with Crippen molar-refractivity contribution >= 4 is 22.7 Å². The Balaban J connectivity index is 1.53. The van der Waals surface area contributed by atoms with Gasteiger partial charge < -0.3 is 24.5 Å². The number of hydrogen-bond acceptors (Lipinski definition) is 7. The first kappa shape index (κ1) is 21.3. The third-order valence-electron chi connectivity index (χ3n) is 5.92. The largest absolute Gasteiger partial charge is 0.497 e. The average molecular weight is 459 g/mol. The lowest BCUT2D eigenvalue weighted by Crippen LogP contribution is -2.47. The summed E-state index contributed by atoms with van der Waals surface area (Å²) < 4.78 is 11.9. The molecule has 10 nitrogen and oxygen atoms in total. The van der Waals surface area contributed by atoms with Crippen molar-refractivity contribution in [2.75, 3.05) is 14.2 Å². The summed E-state index contributed by atoms with van der Waals surface area (Å²) in [5.41, 5.74) is -0.150. The number of aromatic hydroxyl groups is 1. The number of urea groups is 1. The molecule has 1 aliphatic rings. The number of aromatic nitrogens is 3. The molecule has 5 rings (SSSR count). The van der Waals surface area contributed by atoms with Crippen LogP contribution in [0.3, 0.4) is 0 Å². The Morgan fingerprint density at radius 1 is 1.00 bits per heavy atom. The monoisotopic (exact) mass is 459 g/mol. The molecule has 0 radical (unpaired) electrons. The van der Waals surface area contributed by atoms with Crippen LogP contribution in [0.4, 0.5) is 4.79 Å². The Labute approximate surface area is 194 Å². The molecule has 3 N–H and O–H groups in total. The van der Waals surface area contributed by atoms with Crippen LogP contribution in [0.2, 0.25) is 0 Å². The van der Waals surface area contributed by atoms with Crippen LogP contribution in [-0.2, 0) is 16.9 Å². The molecular formula is C24H21N5O5. The van der Waals surface area contributed by atoms with Crippen molar-refractivity contribution in [3.8, 4) is 28.8 Å². The number of nitrogens with one attached hydrogen (secondary N) is 2. The third-order valence-corrected chi connectivity index (χ3v) is 5.92. The van der Waals surface area contributed by atoms with E-state index in [0.29, 0.717) is 28.3 Å². The van der Waals surface area contributed by atoms with Crippen molar-refractivity contribution < 1.29 is 24.2 Å². The maximum absolute atomic E-state index is 13.0. The number of imide groups is 1. The van der Waals surface area contributed by atoms with Crippen LogP contribution in [0.1, 0.15) is 5.56 Å². The first-order chi connectivity index (χ1) is 16.4. The number of nitrogens with zero attached hydrogens (tertiary/aromatic N) is 3. The first-order valence-electron chi connectivity index (χ1n) is 10.4. The summed E-state index contributed by atoms with van der Waals surface area (Å²) in [5.74, 6) is 1.08. The number of hydrogen-bond donors (Lipinski definition) is 3. The molecule has 3 amide bonds. The maximum atomic E-state index is 13.0. The van der Waals surface area contributed by atoms with Gasteiger partial charge in [-0.1, -0.05) is 24.3 Å². The molecule has 3 heterocycles. The van der Waals surface area contributed by atoms with Crippen LogP contribution in [0, 0.1) is 0 Å². The van der Waals surface area contributed by atoms with Crippen LogP contribution in [-0.4, -0.2) is 45.8 Å². The van der Waals surface area contributed by atoms with Crippen molar-refractivity contribution in [1.29, 1.82) is 0 Å². The third kappa shape index (κ3) is 3.45. The highest BCUT2D eigenvalue weighted by Gasteiger charge is 2.48. The average Bonchev–Trinajstić information content (AvgIpc) is 3.33. The highest BCUT2D eigenvalue weighted by atomic mass is 16.5. The SMILES string of the molecule is COc1cnc(-c2ccc(C3(Cn4cc5ccc(OC)cc5c4O)NC(=O)NC3=O)cc2)nc1. The van der Waals surface area contributed by atoms with Gasteiger partial charge in [0, 0.05) is 22.5 Å². The summed E-state index contributed by atoms with van der Waals surface area (Å²) in [6.07, 6.45) is 4.86. The van der Waals surface area contributed by atoms with Crippen molar-refractivity contribution in [1.82, 2.24) is 25.2 Å². The zero-order valence-corrected chi connectivity index (χ0v) is 18.4. The minimum Gasteiger partial charge on any atom is -0.497 e. The lowest BCUT2D eigenvalue weighted by molar-refractivity contribution is -0.124.